The molecule has 5 saturated carbocycles. The number of anilines is 2. The fourth-order valence-corrected chi connectivity index (χ4v) is 24.6. The van der Waals surface area contributed by atoms with Crippen molar-refractivity contribution >= 4 is 134 Å². The van der Waals surface area contributed by atoms with Crippen molar-refractivity contribution in [2.45, 2.75) is 258 Å². The zero-order valence-electron chi connectivity index (χ0n) is 79.0. The number of rotatable bonds is 37. The highest BCUT2D eigenvalue weighted by Gasteiger charge is 2.63. The number of fused-ring (bicyclic) bond motifs is 2. The van der Waals surface area contributed by atoms with Crippen molar-refractivity contribution in [2.24, 2.45) is 35.0 Å². The van der Waals surface area contributed by atoms with E-state index in [9.17, 15) is 55.8 Å². The van der Waals surface area contributed by atoms with E-state index in [1.54, 1.807) is 80.3 Å². The summed E-state index contributed by atoms with van der Waals surface area (Å²) < 4.78 is 81.4. The minimum atomic E-state index is -4.00. The van der Waals surface area contributed by atoms with E-state index in [2.05, 4.69) is 54.1 Å². The van der Waals surface area contributed by atoms with Crippen LogP contribution in [0, 0.1) is 35.0 Å². The number of thiophene rings is 1. The molecule has 2 unspecified atom stereocenters. The second kappa shape index (κ2) is 43.0. The van der Waals surface area contributed by atoms with Crippen LogP contribution in [0.15, 0.2) is 123 Å². The minimum absolute atomic E-state index is 0.0161. The van der Waals surface area contributed by atoms with Crippen LogP contribution < -0.4 is 61.5 Å². The Kier molecular flexibility index (Phi) is 31.9. The van der Waals surface area contributed by atoms with E-state index >= 15 is 9.59 Å². The maximum absolute atomic E-state index is 15.3. The number of benzene rings is 2. The number of pyridine rings is 3. The highest BCUT2D eigenvalue weighted by molar-refractivity contribution is 7.91. The minimum Gasteiger partial charge on any atom is -0.497 e. The molecule has 7 fully saturated rings. The number of carboxylic acids is 2. The Labute approximate surface area is 806 Å². The molecule has 0 spiro atoms. The van der Waals surface area contributed by atoms with Crippen molar-refractivity contribution in [3.8, 4) is 45.8 Å². The van der Waals surface area contributed by atoms with Crippen LogP contribution in [0.3, 0.4) is 0 Å². The van der Waals surface area contributed by atoms with Gasteiger partial charge in [-0.1, -0.05) is 104 Å². The van der Waals surface area contributed by atoms with E-state index < -0.39 is 139 Å². The maximum Gasteiger partial charge on any atom is 0.330 e. The van der Waals surface area contributed by atoms with Crippen molar-refractivity contribution < 1.29 is 84.4 Å². The predicted molar refractivity (Wildman–Crippen MR) is 520 cm³/mol. The number of nitrogens with one attached hydrogen (secondary N) is 8. The van der Waals surface area contributed by atoms with E-state index in [1.807, 2.05) is 78.3 Å². The van der Waals surface area contributed by atoms with E-state index in [4.69, 9.17) is 38.9 Å². The van der Waals surface area contributed by atoms with Gasteiger partial charge in [0.25, 0.3) is 20.0 Å². The van der Waals surface area contributed by atoms with Crippen LogP contribution >= 0.6 is 34.0 Å². The standard InChI is InChI=1S/C49H64N8O9S3.C47H63N9O9S2/c1-6-32-25-49(32,46(60)61)55-44(58)40-23-34(66-41-24-37(39-28-68-48(53-39)50-29(2)3)51-36-22-33(65-5)19-20-35(36)41)26-57(40)45(59)43(31-16-11-8-12-17-31)54-47(62)52-38(30-14-9-7-10-15-30)27-56(4)69(63,64)42-18-13-21-67-42;1-9-29-23-47(29,43(59)60)54-41(57)36-21-31(65-37-22-34(35-26-66-45(51-35)49-27(2)3)50-33-20-30(64-8)17-18-32(33)37)24-56(36)42(58)40(28-14-10-11-15-28)53-44(61)52-38(46(4,5)6)25-55(7)67(62,63)39-16-12-13-19-48-39/h6,13,18-22,24,28-32,34,38,40,43H,1,7-12,14-17,23,25-27H2,2-5H3,(H,50,53)(H,55,58)(H,60,61)(H2,52,54,62);12-13,16-20,22,26-29,31,36,38,40H,9-11,14-15,21,23-25H2,1-8H3,(H,49,51)(H,54,57)(H,59,60)(H2,52,53,61)/t32?,34-,38-,40+,43+,49-;29?,31-,36+,38-,40+,47-/m11/s1. The number of carbonyl (C=O) groups is 8. The molecule has 8 amide bonds. The first-order valence-corrected chi connectivity index (χ1v) is 52.5. The van der Waals surface area contributed by atoms with Crippen LogP contribution in [-0.4, -0.2) is 244 Å². The van der Waals surface area contributed by atoms with Crippen LogP contribution in [0.4, 0.5) is 19.9 Å². The molecule has 40 heteroatoms. The van der Waals surface area contributed by atoms with Gasteiger partial charge in [0.1, 0.15) is 86.0 Å². The van der Waals surface area contributed by atoms with Gasteiger partial charge in [0.2, 0.25) is 23.6 Å². The summed E-state index contributed by atoms with van der Waals surface area (Å²) in [6.45, 7) is 19.3. The van der Waals surface area contributed by atoms with Gasteiger partial charge in [0.15, 0.2) is 15.3 Å². The first-order valence-electron chi connectivity index (χ1n) is 46.9. The van der Waals surface area contributed by atoms with Gasteiger partial charge in [0, 0.05) is 122 Å². The molecular weight excluding hydrogens is 1840 g/mol. The molecular formula is C96H127N17O18S5. The van der Waals surface area contributed by atoms with Gasteiger partial charge in [-0.25, -0.2) is 60.9 Å². The van der Waals surface area contributed by atoms with Gasteiger partial charge in [-0.15, -0.1) is 40.6 Å². The van der Waals surface area contributed by atoms with Crippen LogP contribution in [0.25, 0.3) is 44.6 Å². The van der Waals surface area contributed by atoms with Gasteiger partial charge in [-0.2, -0.15) is 8.61 Å². The zero-order chi connectivity index (χ0) is 97.5. The number of amides is 8. The molecule has 35 nitrogen and oxygen atoms in total. The zero-order valence-corrected chi connectivity index (χ0v) is 83.1. The number of carbonyl (C=O) groups excluding carboxylic acids is 6. The Bertz CT molecular complexity index is 5890. The monoisotopic (exact) mass is 1970 g/mol. The number of sulfonamides is 2. The fourth-order valence-electron chi connectivity index (χ4n) is 19.4. The molecule has 734 valence electrons. The number of aliphatic carboxylic acids is 2. The molecule has 2 saturated heterocycles. The van der Waals surface area contributed by atoms with Crippen molar-refractivity contribution in [2.75, 3.05) is 65.1 Å². The number of aromatic nitrogens is 5. The van der Waals surface area contributed by atoms with Crippen LogP contribution in [0.2, 0.25) is 0 Å². The lowest BCUT2D eigenvalue weighted by Crippen LogP contribution is -2.60. The highest BCUT2D eigenvalue weighted by atomic mass is 32.2. The van der Waals surface area contributed by atoms with E-state index in [1.165, 1.54) is 69.2 Å². The van der Waals surface area contributed by atoms with E-state index in [0.29, 0.717) is 99.7 Å². The highest BCUT2D eigenvalue weighted by Crippen LogP contribution is 2.49. The molecule has 8 heterocycles. The number of methoxy groups -OCH3 is 2. The predicted octanol–water partition coefficient (Wildman–Crippen LogP) is 13.2. The van der Waals surface area contributed by atoms with Crippen LogP contribution in [-0.2, 0) is 48.8 Å². The van der Waals surface area contributed by atoms with Crippen molar-refractivity contribution in [3.63, 3.8) is 0 Å². The summed E-state index contributed by atoms with van der Waals surface area (Å²) in [6, 6.07) is 15.7. The lowest BCUT2D eigenvalue weighted by molar-refractivity contribution is -0.146. The third-order valence-electron chi connectivity index (χ3n) is 27.3. The summed E-state index contributed by atoms with van der Waals surface area (Å²) in [4.78, 5) is 140. The Morgan fingerprint density at radius 3 is 1.48 bits per heavy atom. The molecule has 136 heavy (non-hydrogen) atoms. The number of nitrogens with zero attached hydrogens (tertiary/aromatic N) is 9. The summed E-state index contributed by atoms with van der Waals surface area (Å²) in [5.74, 6) is -3.77. The average Bonchev–Trinajstić information content (AvgIpc) is 1.58. The number of hydrogen-bond donors (Lipinski definition) is 10. The maximum atomic E-state index is 15.3. The smallest absolute Gasteiger partial charge is 0.330 e. The lowest BCUT2D eigenvalue weighted by atomic mass is 9.83. The van der Waals surface area contributed by atoms with Crippen molar-refractivity contribution in [3.05, 3.63) is 114 Å². The Balaban J connectivity index is 0.000000218. The number of urea groups is 2. The Morgan fingerprint density at radius 1 is 0.574 bits per heavy atom. The molecule has 0 bridgehead atoms. The third kappa shape index (κ3) is 23.2. The molecule has 7 aliphatic rings. The normalized spacial score (nSPS) is 22.4. The SMILES string of the molecule is C=CC1C[C@]1(NC(=O)[C@@H]1C[C@@H](Oc2cc(-c3csc(NC(C)C)n3)nc3cc(OC)ccc23)CN1C(=O)[C@@H](NC(=O)N[C@H](CN(C)S(=O)(=O)c1cccs1)C1CCCCC1)C1CCCCC1)C(=O)O.CCC1C[C@]1(NC(=O)[C@@H]1C[C@@H](Oc2cc(-c3csc(NC(C)C)n3)nc3cc(OC)ccc23)CN1C(=O)[C@@H](NC(=O)N[C@H](CN(C)S(=O)(=O)c1ccccn1)C(C)(C)C)C1CCCC1)C(=O)O. The molecule has 2 aliphatic heterocycles. The van der Waals surface area contributed by atoms with Crippen molar-refractivity contribution in [1.29, 1.82) is 0 Å². The van der Waals surface area contributed by atoms with E-state index in [0.717, 1.165) is 90.1 Å². The van der Waals surface area contributed by atoms with Gasteiger partial charge >= 0.3 is 24.0 Å². The number of thiazole rings is 2. The second-order valence-electron chi connectivity index (χ2n) is 38.5. The first kappa shape index (κ1) is 101. The summed E-state index contributed by atoms with van der Waals surface area (Å²) >= 11 is 4.03. The summed E-state index contributed by atoms with van der Waals surface area (Å²) in [7, 11) is -1.72. The topological polar surface area (TPSA) is 456 Å². The number of likely N-dealkylation sites (tertiary alicyclic amines) is 2. The second-order valence-corrected chi connectivity index (χ2v) is 45.5. The number of likely N-dealkylation sites (N-methyl/N-ethyl adjacent to an activating group) is 2. The molecule has 0 radical (unpaired) electrons. The third-order valence-corrected chi connectivity index (χ3v) is 33.8. The van der Waals surface area contributed by atoms with Crippen molar-refractivity contribution in [1.82, 2.24) is 75.2 Å². The number of carboxylic acid groups (broad SMARTS) is 2. The van der Waals surface area contributed by atoms with Gasteiger partial charge in [-0.05, 0) is 156 Å². The Morgan fingerprint density at radius 2 is 1.05 bits per heavy atom. The van der Waals surface area contributed by atoms with E-state index in [-0.39, 0.29) is 96.9 Å². The summed E-state index contributed by atoms with van der Waals surface area (Å²) in [6.07, 6.45) is 14.1. The van der Waals surface area contributed by atoms with Crippen LogP contribution in [0.1, 0.15) is 177 Å². The summed E-state index contributed by atoms with van der Waals surface area (Å²) in [5.41, 5.74) is -0.156. The molecule has 2 aromatic carbocycles. The number of hydrogen-bond acceptors (Lipinski definition) is 26. The summed E-state index contributed by atoms with van der Waals surface area (Å²) in [5, 5.41) is 53.1. The van der Waals surface area contributed by atoms with Gasteiger partial charge < -0.3 is 81.5 Å². The molecule has 10 N–H and O–H groups in total. The fraction of sp³-hybridized carbons (Fsp3) is 0.552. The van der Waals surface area contributed by atoms with Gasteiger partial charge in [0.05, 0.1) is 49.7 Å². The van der Waals surface area contributed by atoms with Gasteiger partial charge in [-0.3, -0.25) is 19.2 Å². The largest absolute Gasteiger partial charge is 0.497 e. The average molecular weight is 1970 g/mol. The lowest BCUT2D eigenvalue weighted by Gasteiger charge is -2.36. The molecule has 5 aliphatic carbocycles. The molecule has 8 aromatic rings. The first-order chi connectivity index (χ1) is 64.8. The Hall–Kier alpha value is -10.9. The van der Waals surface area contributed by atoms with Crippen LogP contribution in [0.5, 0.6) is 23.0 Å². The molecule has 6 aromatic heterocycles. The molecule has 12 atom stereocenters. The molecule has 15 rings (SSSR count). The number of ether oxygens (including phenoxy) is 4. The quantitative estimate of drug-likeness (QED) is 0.0162.